The van der Waals surface area contributed by atoms with E-state index in [4.69, 9.17) is 36.4 Å². The Morgan fingerprint density at radius 3 is 2.72 bits per heavy atom. The van der Waals surface area contributed by atoms with Gasteiger partial charge < -0.3 is 19.4 Å². The Kier molecular flexibility index (Phi) is 7.87. The van der Waals surface area contributed by atoms with Gasteiger partial charge in [0.2, 0.25) is 0 Å². The zero-order valence-electron chi connectivity index (χ0n) is 28.2. The summed E-state index contributed by atoms with van der Waals surface area (Å²) in [4.78, 5) is 36.7. The van der Waals surface area contributed by atoms with E-state index in [9.17, 15) is 18.8 Å². The van der Waals surface area contributed by atoms with Crippen LogP contribution in [-0.2, 0) is 17.8 Å². The first-order chi connectivity index (χ1) is 26.1. The topological polar surface area (TPSA) is 159 Å². The third-order valence-electron chi connectivity index (χ3n) is 9.19. The van der Waals surface area contributed by atoms with Gasteiger partial charge in [-0.1, -0.05) is 0 Å². The molecule has 0 spiro atoms. The quantitative estimate of drug-likeness (QED) is 0.167. The number of alkyl halides is 3. The van der Waals surface area contributed by atoms with Crippen molar-refractivity contribution >= 4 is 34.2 Å². The van der Waals surface area contributed by atoms with Gasteiger partial charge in [0.1, 0.15) is 24.3 Å². The summed E-state index contributed by atoms with van der Waals surface area (Å²) in [5.41, 5.74) is 4.87. The van der Waals surface area contributed by atoms with E-state index in [1.165, 1.54) is 30.5 Å². The molecule has 16 heteroatoms. The molecule has 2 aromatic carbocycles. The van der Waals surface area contributed by atoms with E-state index in [1.807, 2.05) is 12.3 Å². The van der Waals surface area contributed by atoms with Gasteiger partial charge in [0.25, 0.3) is 11.9 Å². The normalized spacial score (nSPS) is 14.6. The third kappa shape index (κ3) is 6.06. The Hall–Kier alpha value is -6.63. The van der Waals surface area contributed by atoms with Gasteiger partial charge in [-0.05, 0) is 61.5 Å². The molecule has 1 aliphatic heterocycles. The third-order valence-corrected chi connectivity index (χ3v) is 9.27. The highest BCUT2D eigenvalue weighted by Gasteiger charge is 2.29. The first-order valence-electron chi connectivity index (χ1n) is 16.7. The smallest absolute Gasteiger partial charge is 0.420 e. The molecule has 0 saturated heterocycles. The van der Waals surface area contributed by atoms with Crippen LogP contribution in [0, 0.1) is 11.3 Å². The number of rotatable bonds is 7. The van der Waals surface area contributed by atoms with Gasteiger partial charge in [0.05, 0.1) is 46.3 Å². The predicted molar refractivity (Wildman–Crippen MR) is 192 cm³/mol. The van der Waals surface area contributed by atoms with Crippen LogP contribution in [0.25, 0.3) is 50.6 Å². The molecular weight excluding hydrogens is 718 g/mol. The Balaban J connectivity index is 1.08. The number of benzene rings is 2. The summed E-state index contributed by atoms with van der Waals surface area (Å²) < 4.78 is 40.1. The van der Waals surface area contributed by atoms with E-state index in [0.29, 0.717) is 59.2 Å². The second-order valence-corrected chi connectivity index (χ2v) is 13.3. The van der Waals surface area contributed by atoms with Crippen LogP contribution in [0.5, 0.6) is 5.75 Å². The van der Waals surface area contributed by atoms with Crippen molar-refractivity contribution in [3.8, 4) is 51.4 Å². The number of hydrogen-bond donors (Lipinski definition) is 1. The van der Waals surface area contributed by atoms with Crippen LogP contribution >= 0.6 is 11.6 Å². The lowest BCUT2D eigenvalue weighted by molar-refractivity contribution is -0.0964. The fraction of sp³-hybridized carbons (Fsp3) is 0.158. The first-order valence-corrected chi connectivity index (χ1v) is 17.0. The lowest BCUT2D eigenvalue weighted by Crippen LogP contribution is -2.21. The number of aromatic nitrogens is 8. The standard InChI is InChI=1S/C38H25ClF2N10O3/c1-20-18-53-19-33-47-32-11-22(36(52)46-26-2-4-27(5-3-26)54-38(39,40)41)9-28(35(32)51(20)33)23-10-29-31(45-16-23)12-25-17-50(49-34(25)29)37-44-7-6-30(48-37)24-8-21(13-42)14-43-15-24/h2-11,14-17,20H,12,18-19H2,1H3,(H,46,52)/t20-/m1/s1. The van der Waals surface area contributed by atoms with E-state index >= 15 is 0 Å². The molecule has 9 rings (SSSR count). The fourth-order valence-corrected chi connectivity index (χ4v) is 6.93. The van der Waals surface area contributed by atoms with Crippen LogP contribution in [-0.4, -0.2) is 57.3 Å². The molecule has 0 bridgehead atoms. The van der Waals surface area contributed by atoms with E-state index in [-0.39, 0.29) is 11.8 Å². The van der Waals surface area contributed by atoms with E-state index < -0.39 is 11.5 Å². The zero-order valence-corrected chi connectivity index (χ0v) is 28.9. The van der Waals surface area contributed by atoms with E-state index in [1.54, 1.807) is 47.5 Å². The van der Waals surface area contributed by atoms with Crippen LogP contribution in [0.15, 0.2) is 85.6 Å². The predicted octanol–water partition coefficient (Wildman–Crippen LogP) is 7.09. The lowest BCUT2D eigenvalue weighted by Gasteiger charge is -2.23. The summed E-state index contributed by atoms with van der Waals surface area (Å²) in [5.74, 6) is 0.505. The minimum atomic E-state index is -3.86. The molecule has 0 unspecified atom stereocenters. The fourth-order valence-electron chi connectivity index (χ4n) is 6.84. The maximum Gasteiger partial charge on any atom is 0.487 e. The van der Waals surface area contributed by atoms with Gasteiger partial charge in [-0.2, -0.15) is 10.4 Å². The van der Waals surface area contributed by atoms with Crippen molar-refractivity contribution in [1.82, 2.24) is 39.3 Å². The highest BCUT2D eigenvalue weighted by atomic mass is 35.5. The number of hydrogen-bond acceptors (Lipinski definition) is 10. The SMILES string of the molecule is C[C@@H]1COCc2nc3cc(C(=O)Nc4ccc(OC(F)(F)Cl)cc4)cc(-c4cnc5c(c4)-c4nn(-c6nccc(-c7cncc(C#N)c7)n6)cc4C5)c3n21. The van der Waals surface area contributed by atoms with Gasteiger partial charge in [0.15, 0.2) is 0 Å². The van der Waals surface area contributed by atoms with Crippen molar-refractivity contribution in [1.29, 1.82) is 5.26 Å². The highest BCUT2D eigenvalue weighted by molar-refractivity contribution is 6.20. The van der Waals surface area contributed by atoms with Gasteiger partial charge >= 0.3 is 5.57 Å². The van der Waals surface area contributed by atoms with Gasteiger partial charge in [-0.15, -0.1) is 8.78 Å². The van der Waals surface area contributed by atoms with Crippen molar-refractivity contribution in [3.05, 3.63) is 114 Å². The summed E-state index contributed by atoms with van der Waals surface area (Å²) in [6.07, 6.45) is 9.00. The number of amides is 1. The zero-order chi connectivity index (χ0) is 37.1. The summed E-state index contributed by atoms with van der Waals surface area (Å²) in [6.45, 7) is 2.88. The van der Waals surface area contributed by atoms with Crippen molar-refractivity contribution in [2.24, 2.45) is 0 Å². The number of ether oxygens (including phenoxy) is 2. The molecule has 1 amide bonds. The molecule has 54 heavy (non-hydrogen) atoms. The van der Waals surface area contributed by atoms with E-state index in [2.05, 4.69) is 37.6 Å². The summed E-state index contributed by atoms with van der Waals surface area (Å²) in [5, 5.41) is 17.0. The molecule has 1 N–H and O–H groups in total. The van der Waals surface area contributed by atoms with Crippen molar-refractivity contribution < 1.29 is 23.0 Å². The van der Waals surface area contributed by atoms with Gasteiger partial charge in [0, 0.05) is 88.1 Å². The molecule has 1 aliphatic carbocycles. The monoisotopic (exact) mass is 742 g/mol. The van der Waals surface area contributed by atoms with Gasteiger partial charge in [-0.25, -0.2) is 19.6 Å². The van der Waals surface area contributed by atoms with Gasteiger partial charge in [-0.3, -0.25) is 14.8 Å². The Bertz CT molecular complexity index is 2680. The summed E-state index contributed by atoms with van der Waals surface area (Å²) in [7, 11) is 0. The van der Waals surface area contributed by atoms with Crippen molar-refractivity contribution in [2.45, 2.75) is 31.6 Å². The molecule has 0 fully saturated rings. The average Bonchev–Trinajstić information content (AvgIpc) is 3.86. The van der Waals surface area contributed by atoms with Crippen molar-refractivity contribution in [3.63, 3.8) is 0 Å². The molecule has 2 aliphatic rings. The number of carbonyl (C=O) groups excluding carboxylic acids is 1. The number of pyridine rings is 2. The lowest BCUT2D eigenvalue weighted by atomic mass is 9.99. The molecule has 1 atom stereocenters. The van der Waals surface area contributed by atoms with Crippen LogP contribution in [0.2, 0.25) is 0 Å². The molecule has 13 nitrogen and oxygen atoms in total. The molecule has 0 saturated carbocycles. The summed E-state index contributed by atoms with van der Waals surface area (Å²) >= 11 is 4.88. The maximum absolute atomic E-state index is 13.7. The number of halogens is 3. The van der Waals surface area contributed by atoms with Crippen molar-refractivity contribution in [2.75, 3.05) is 11.9 Å². The van der Waals surface area contributed by atoms with E-state index in [0.717, 1.165) is 45.0 Å². The largest absolute Gasteiger partial charge is 0.487 e. The number of fused-ring (bicyclic) bond motifs is 6. The van der Waals surface area contributed by atoms with Crippen LogP contribution in [0.3, 0.4) is 0 Å². The Labute approximate surface area is 309 Å². The summed E-state index contributed by atoms with van der Waals surface area (Å²) in [6, 6.07) is 16.5. The second kappa shape index (κ2) is 12.8. The Morgan fingerprint density at radius 2 is 1.91 bits per heavy atom. The number of carbonyl (C=O) groups is 1. The number of nitrogens with zero attached hydrogens (tertiary/aromatic N) is 9. The van der Waals surface area contributed by atoms with Crippen LogP contribution in [0.4, 0.5) is 14.5 Å². The first kappa shape index (κ1) is 33.2. The van der Waals surface area contributed by atoms with Crippen LogP contribution in [0.1, 0.15) is 46.0 Å². The minimum Gasteiger partial charge on any atom is -0.420 e. The van der Waals surface area contributed by atoms with Crippen LogP contribution < -0.4 is 10.1 Å². The average molecular weight is 743 g/mol. The molecule has 266 valence electrons. The second-order valence-electron chi connectivity index (χ2n) is 12.8. The number of nitriles is 1. The molecule has 0 radical (unpaired) electrons. The number of anilines is 1. The molecular formula is C38H25ClF2N10O3. The highest BCUT2D eigenvalue weighted by Crippen LogP contribution is 2.40. The molecule has 7 aromatic rings. The molecule has 5 aromatic heterocycles. The number of imidazole rings is 1. The Morgan fingerprint density at radius 1 is 1.06 bits per heavy atom. The maximum atomic E-state index is 13.7. The number of nitrogens with one attached hydrogen (secondary N) is 1. The molecule has 6 heterocycles. The minimum absolute atomic E-state index is 0.0168.